The van der Waals surface area contributed by atoms with E-state index in [0.717, 1.165) is 0 Å². The van der Waals surface area contributed by atoms with E-state index in [2.05, 4.69) is 5.32 Å². The van der Waals surface area contributed by atoms with Gasteiger partial charge >= 0.3 is 5.97 Å². The van der Waals surface area contributed by atoms with Crippen LogP contribution in [0.1, 0.15) is 19.3 Å². The minimum atomic E-state index is -0.791. The third kappa shape index (κ3) is 3.93. The third-order valence-corrected chi connectivity index (χ3v) is 4.46. The second-order valence-electron chi connectivity index (χ2n) is 5.82. The first-order chi connectivity index (χ1) is 10.0. The van der Waals surface area contributed by atoms with E-state index >= 15 is 0 Å². The maximum atomic E-state index is 12.4. The summed E-state index contributed by atoms with van der Waals surface area (Å²) in [6, 6.07) is 0. The molecule has 1 saturated carbocycles. The summed E-state index contributed by atoms with van der Waals surface area (Å²) in [6.07, 6.45) is 1.74. The van der Waals surface area contributed by atoms with Gasteiger partial charge in [0, 0.05) is 39.1 Å². The summed E-state index contributed by atoms with van der Waals surface area (Å²) < 4.78 is 0. The number of carbonyl (C=O) groups is 3. The number of piperazine rings is 1. The topological polar surface area (TPSA) is 90.0 Å². The first-order valence-electron chi connectivity index (χ1n) is 7.45. The van der Waals surface area contributed by atoms with Crippen LogP contribution in [-0.2, 0) is 14.4 Å². The monoisotopic (exact) mass is 297 g/mol. The Labute approximate surface area is 124 Å². The van der Waals surface area contributed by atoms with Gasteiger partial charge in [0.15, 0.2) is 0 Å². The standard InChI is InChI=1S/C14H23N3O4/c1-15-12(18)9-16-4-6-17(7-5-16)13(19)10-2-3-11(8-10)14(20)21/h10-11H,2-9H2,1H3,(H,15,18)(H,20,21). The van der Waals surface area contributed by atoms with E-state index in [9.17, 15) is 14.4 Å². The fourth-order valence-corrected chi connectivity index (χ4v) is 3.10. The fourth-order valence-electron chi connectivity index (χ4n) is 3.10. The summed E-state index contributed by atoms with van der Waals surface area (Å²) in [6.45, 7) is 2.97. The third-order valence-electron chi connectivity index (χ3n) is 4.46. The molecule has 1 heterocycles. The molecule has 2 atom stereocenters. The first kappa shape index (κ1) is 15.8. The van der Waals surface area contributed by atoms with Gasteiger partial charge in [0.25, 0.3) is 0 Å². The van der Waals surface area contributed by atoms with Gasteiger partial charge in [0.05, 0.1) is 12.5 Å². The van der Waals surface area contributed by atoms with Crippen LogP contribution in [-0.4, -0.2) is 72.5 Å². The quantitative estimate of drug-likeness (QED) is 0.721. The highest BCUT2D eigenvalue weighted by Gasteiger charge is 2.36. The lowest BCUT2D eigenvalue weighted by atomic mass is 10.0. The van der Waals surface area contributed by atoms with E-state index < -0.39 is 5.97 Å². The summed E-state index contributed by atoms with van der Waals surface area (Å²) in [7, 11) is 1.61. The average molecular weight is 297 g/mol. The summed E-state index contributed by atoms with van der Waals surface area (Å²) in [5.74, 6) is -1.24. The molecular weight excluding hydrogens is 274 g/mol. The van der Waals surface area contributed by atoms with Gasteiger partial charge in [-0.15, -0.1) is 0 Å². The molecule has 21 heavy (non-hydrogen) atoms. The number of amides is 2. The number of rotatable bonds is 4. The summed E-state index contributed by atoms with van der Waals surface area (Å²) in [5, 5.41) is 11.6. The second-order valence-corrected chi connectivity index (χ2v) is 5.82. The molecular formula is C14H23N3O4. The number of carboxylic acid groups (broad SMARTS) is 1. The molecule has 2 aliphatic rings. The van der Waals surface area contributed by atoms with Crippen LogP contribution >= 0.6 is 0 Å². The lowest BCUT2D eigenvalue weighted by Gasteiger charge is -2.35. The molecule has 2 rings (SSSR count). The highest BCUT2D eigenvalue weighted by atomic mass is 16.4. The second kappa shape index (κ2) is 6.89. The van der Waals surface area contributed by atoms with Gasteiger partial charge < -0.3 is 15.3 Å². The van der Waals surface area contributed by atoms with Crippen LogP contribution in [0.15, 0.2) is 0 Å². The number of aliphatic carboxylic acids is 1. The van der Waals surface area contributed by atoms with Gasteiger partial charge in [-0.05, 0) is 19.3 Å². The smallest absolute Gasteiger partial charge is 0.306 e. The summed E-state index contributed by atoms with van der Waals surface area (Å²) in [5.41, 5.74) is 0. The minimum Gasteiger partial charge on any atom is -0.481 e. The van der Waals surface area contributed by atoms with Crippen LogP contribution in [0.5, 0.6) is 0 Å². The van der Waals surface area contributed by atoms with Crippen molar-refractivity contribution >= 4 is 17.8 Å². The fraction of sp³-hybridized carbons (Fsp3) is 0.786. The molecule has 0 bridgehead atoms. The number of hydrogen-bond donors (Lipinski definition) is 2. The van der Waals surface area contributed by atoms with Crippen LogP contribution in [0.2, 0.25) is 0 Å². The molecule has 1 aliphatic heterocycles. The van der Waals surface area contributed by atoms with Crippen molar-refractivity contribution in [3.8, 4) is 0 Å². The number of nitrogens with one attached hydrogen (secondary N) is 1. The van der Waals surface area contributed by atoms with Crippen LogP contribution in [0.4, 0.5) is 0 Å². The molecule has 0 aromatic heterocycles. The average Bonchev–Trinajstić information content (AvgIpc) is 2.97. The van der Waals surface area contributed by atoms with E-state index in [1.165, 1.54) is 0 Å². The van der Waals surface area contributed by atoms with E-state index in [-0.39, 0.29) is 23.7 Å². The normalized spacial score (nSPS) is 26.6. The number of likely N-dealkylation sites (N-methyl/N-ethyl adjacent to an activating group) is 1. The molecule has 2 amide bonds. The highest BCUT2D eigenvalue weighted by Crippen LogP contribution is 2.32. The van der Waals surface area contributed by atoms with Crippen LogP contribution < -0.4 is 5.32 Å². The van der Waals surface area contributed by atoms with Gasteiger partial charge in [0.2, 0.25) is 11.8 Å². The molecule has 7 heteroatoms. The molecule has 0 aromatic carbocycles. The van der Waals surface area contributed by atoms with Gasteiger partial charge in [-0.25, -0.2) is 0 Å². The Kier molecular flexibility index (Phi) is 5.17. The predicted molar refractivity (Wildman–Crippen MR) is 75.6 cm³/mol. The maximum Gasteiger partial charge on any atom is 0.306 e. The molecule has 1 aliphatic carbocycles. The lowest BCUT2D eigenvalue weighted by molar-refractivity contribution is -0.141. The summed E-state index contributed by atoms with van der Waals surface area (Å²) >= 11 is 0. The Morgan fingerprint density at radius 2 is 1.71 bits per heavy atom. The van der Waals surface area contributed by atoms with Crippen molar-refractivity contribution in [2.45, 2.75) is 19.3 Å². The van der Waals surface area contributed by atoms with Gasteiger partial charge in [-0.2, -0.15) is 0 Å². The van der Waals surface area contributed by atoms with Crippen molar-refractivity contribution in [2.24, 2.45) is 11.8 Å². The minimum absolute atomic E-state index is 0.0186. The van der Waals surface area contributed by atoms with Gasteiger partial charge in [-0.1, -0.05) is 0 Å². The van der Waals surface area contributed by atoms with Gasteiger partial charge in [0.1, 0.15) is 0 Å². The zero-order valence-corrected chi connectivity index (χ0v) is 12.4. The van der Waals surface area contributed by atoms with Crippen molar-refractivity contribution in [1.29, 1.82) is 0 Å². The Morgan fingerprint density at radius 3 is 2.24 bits per heavy atom. The Balaban J connectivity index is 1.78. The van der Waals surface area contributed by atoms with Crippen LogP contribution in [0.25, 0.3) is 0 Å². The molecule has 2 N–H and O–H groups in total. The number of nitrogens with zero attached hydrogens (tertiary/aromatic N) is 2. The number of carboxylic acids is 1. The van der Waals surface area contributed by atoms with Crippen LogP contribution in [0, 0.1) is 11.8 Å². The first-order valence-corrected chi connectivity index (χ1v) is 7.45. The van der Waals surface area contributed by atoms with E-state index in [1.807, 2.05) is 9.80 Å². The van der Waals surface area contributed by atoms with Crippen LogP contribution in [0.3, 0.4) is 0 Å². The van der Waals surface area contributed by atoms with Crippen molar-refractivity contribution < 1.29 is 19.5 Å². The summed E-state index contributed by atoms with van der Waals surface area (Å²) in [4.78, 5) is 38.5. The SMILES string of the molecule is CNC(=O)CN1CCN(C(=O)C2CCC(C(=O)O)C2)CC1. The number of carbonyl (C=O) groups excluding carboxylic acids is 2. The molecule has 118 valence electrons. The Hall–Kier alpha value is -1.63. The molecule has 2 fully saturated rings. The van der Waals surface area contributed by atoms with Gasteiger partial charge in [-0.3, -0.25) is 19.3 Å². The highest BCUT2D eigenvalue weighted by molar-refractivity contribution is 5.81. The molecule has 0 radical (unpaired) electrons. The predicted octanol–water partition coefficient (Wildman–Crippen LogP) is -0.622. The Morgan fingerprint density at radius 1 is 1.10 bits per heavy atom. The van der Waals surface area contributed by atoms with Crippen molar-refractivity contribution in [3.63, 3.8) is 0 Å². The molecule has 0 spiro atoms. The lowest BCUT2D eigenvalue weighted by Crippen LogP contribution is -2.52. The zero-order valence-electron chi connectivity index (χ0n) is 12.4. The van der Waals surface area contributed by atoms with E-state index in [4.69, 9.17) is 5.11 Å². The van der Waals surface area contributed by atoms with Crippen molar-refractivity contribution in [3.05, 3.63) is 0 Å². The Bertz CT molecular complexity index is 418. The van der Waals surface area contributed by atoms with E-state index in [0.29, 0.717) is 52.0 Å². The maximum absolute atomic E-state index is 12.4. The van der Waals surface area contributed by atoms with Crippen molar-refractivity contribution in [1.82, 2.24) is 15.1 Å². The van der Waals surface area contributed by atoms with E-state index in [1.54, 1.807) is 7.05 Å². The van der Waals surface area contributed by atoms with Crippen molar-refractivity contribution in [2.75, 3.05) is 39.8 Å². The zero-order chi connectivity index (χ0) is 15.4. The molecule has 2 unspecified atom stereocenters. The number of hydrogen-bond acceptors (Lipinski definition) is 4. The molecule has 1 saturated heterocycles. The largest absolute Gasteiger partial charge is 0.481 e. The molecule has 0 aromatic rings. The molecule has 7 nitrogen and oxygen atoms in total.